The van der Waals surface area contributed by atoms with Crippen molar-refractivity contribution < 1.29 is 14.3 Å². The Bertz CT molecular complexity index is 981. The van der Waals surface area contributed by atoms with E-state index in [2.05, 4.69) is 15.4 Å². The number of nitrogens with zero attached hydrogens (tertiary/aromatic N) is 3. The van der Waals surface area contributed by atoms with Crippen molar-refractivity contribution in [3.63, 3.8) is 0 Å². The highest BCUT2D eigenvalue weighted by atomic mass is 16.5. The van der Waals surface area contributed by atoms with Gasteiger partial charge in [-0.25, -0.2) is 9.67 Å². The molecule has 1 amide bonds. The molecule has 3 aromatic rings. The molecule has 150 valence electrons. The highest BCUT2D eigenvalue weighted by Crippen LogP contribution is 2.19. The van der Waals surface area contributed by atoms with Crippen molar-refractivity contribution in [1.29, 1.82) is 0 Å². The fourth-order valence-corrected chi connectivity index (χ4v) is 3.10. The van der Waals surface area contributed by atoms with Gasteiger partial charge in [0.1, 0.15) is 5.75 Å². The van der Waals surface area contributed by atoms with Crippen LogP contribution in [0, 0.1) is 6.92 Å². The predicted molar refractivity (Wildman–Crippen MR) is 109 cm³/mol. The first kappa shape index (κ1) is 20.3. The average Bonchev–Trinajstić information content (AvgIpc) is 3.14. The molecule has 2 heterocycles. The molecule has 0 aliphatic heterocycles. The number of carbonyl (C=O) groups excluding carboxylic acids is 2. The summed E-state index contributed by atoms with van der Waals surface area (Å²) in [4.78, 5) is 28.9. The van der Waals surface area contributed by atoms with Gasteiger partial charge in [0.05, 0.1) is 19.3 Å². The van der Waals surface area contributed by atoms with Crippen molar-refractivity contribution in [2.24, 2.45) is 0 Å². The Balaban J connectivity index is 1.56. The smallest absolute Gasteiger partial charge is 0.220 e. The van der Waals surface area contributed by atoms with Gasteiger partial charge < -0.3 is 10.1 Å². The van der Waals surface area contributed by atoms with Gasteiger partial charge in [-0.15, -0.1) is 0 Å². The number of rotatable bonds is 8. The Kier molecular flexibility index (Phi) is 6.39. The number of nitrogens with one attached hydrogen (secondary N) is 1. The summed E-state index contributed by atoms with van der Waals surface area (Å²) in [6.07, 6.45) is 3.72. The highest BCUT2D eigenvalue weighted by Gasteiger charge is 2.17. The Morgan fingerprint density at radius 1 is 1.14 bits per heavy atom. The third-order valence-electron chi connectivity index (χ3n) is 4.75. The van der Waals surface area contributed by atoms with Crippen molar-refractivity contribution in [1.82, 2.24) is 20.1 Å². The second-order valence-electron chi connectivity index (χ2n) is 6.73. The molecule has 7 heteroatoms. The quantitative estimate of drug-likeness (QED) is 0.594. The topological polar surface area (TPSA) is 86.1 Å². The SMILES string of the molecule is COc1ccc(C(=O)CCC(=O)N[C@H](C)c2cnn(-c3ccccn3)c2C)cc1. The van der Waals surface area contributed by atoms with Crippen molar-refractivity contribution in [3.8, 4) is 11.6 Å². The third kappa shape index (κ3) is 4.87. The lowest BCUT2D eigenvalue weighted by molar-refractivity contribution is -0.121. The molecule has 1 aromatic carbocycles. The number of ether oxygens (including phenoxy) is 1. The second-order valence-corrected chi connectivity index (χ2v) is 6.73. The molecule has 0 saturated carbocycles. The summed E-state index contributed by atoms with van der Waals surface area (Å²) in [5.41, 5.74) is 2.38. The van der Waals surface area contributed by atoms with E-state index in [1.807, 2.05) is 32.0 Å². The zero-order valence-corrected chi connectivity index (χ0v) is 16.8. The molecule has 0 bridgehead atoms. The summed E-state index contributed by atoms with van der Waals surface area (Å²) < 4.78 is 6.83. The number of carbonyl (C=O) groups is 2. The number of methoxy groups -OCH3 is 1. The number of pyridine rings is 1. The van der Waals surface area contributed by atoms with Crippen LogP contribution in [0.1, 0.15) is 47.4 Å². The first-order chi connectivity index (χ1) is 14.0. The van der Waals surface area contributed by atoms with Gasteiger partial charge in [-0.2, -0.15) is 5.10 Å². The molecule has 29 heavy (non-hydrogen) atoms. The highest BCUT2D eigenvalue weighted by molar-refractivity contribution is 5.98. The minimum atomic E-state index is -0.226. The normalized spacial score (nSPS) is 11.7. The van der Waals surface area contributed by atoms with E-state index in [4.69, 9.17) is 4.74 Å². The zero-order valence-electron chi connectivity index (χ0n) is 16.8. The van der Waals surface area contributed by atoms with Crippen LogP contribution in [0.15, 0.2) is 54.9 Å². The van der Waals surface area contributed by atoms with E-state index in [1.54, 1.807) is 48.5 Å². The van der Waals surface area contributed by atoms with E-state index in [-0.39, 0.29) is 30.6 Å². The zero-order chi connectivity index (χ0) is 20.8. The molecular formula is C22H24N4O3. The predicted octanol–water partition coefficient (Wildman–Crippen LogP) is 3.42. The summed E-state index contributed by atoms with van der Waals surface area (Å²) in [5, 5.41) is 7.32. The molecule has 3 rings (SSSR count). The number of aromatic nitrogens is 3. The van der Waals surface area contributed by atoms with Crippen LogP contribution in [0.5, 0.6) is 5.75 Å². The summed E-state index contributed by atoms with van der Waals surface area (Å²) in [6, 6.07) is 12.3. The maximum Gasteiger partial charge on any atom is 0.220 e. The molecular weight excluding hydrogens is 368 g/mol. The van der Waals surface area contributed by atoms with E-state index in [9.17, 15) is 9.59 Å². The number of ketones is 1. The fourth-order valence-electron chi connectivity index (χ4n) is 3.10. The molecule has 0 radical (unpaired) electrons. The van der Waals surface area contributed by atoms with E-state index in [0.717, 1.165) is 17.1 Å². The summed E-state index contributed by atoms with van der Waals surface area (Å²) >= 11 is 0. The maximum atomic E-state index is 12.3. The number of hydrogen-bond donors (Lipinski definition) is 1. The first-order valence-electron chi connectivity index (χ1n) is 9.42. The lowest BCUT2D eigenvalue weighted by Crippen LogP contribution is -2.27. The molecule has 0 fully saturated rings. The number of benzene rings is 1. The van der Waals surface area contributed by atoms with Gasteiger partial charge in [-0.1, -0.05) is 6.07 Å². The molecule has 0 aliphatic rings. The Morgan fingerprint density at radius 2 is 1.90 bits per heavy atom. The van der Waals surface area contributed by atoms with Crippen molar-refractivity contribution in [3.05, 3.63) is 71.7 Å². The van der Waals surface area contributed by atoms with Gasteiger partial charge in [0.15, 0.2) is 11.6 Å². The minimum absolute atomic E-state index is 0.0744. The van der Waals surface area contributed by atoms with E-state index in [0.29, 0.717) is 11.3 Å². The van der Waals surface area contributed by atoms with Crippen LogP contribution in [0.4, 0.5) is 0 Å². The van der Waals surface area contributed by atoms with E-state index in [1.165, 1.54) is 0 Å². The van der Waals surface area contributed by atoms with Gasteiger partial charge in [0.2, 0.25) is 5.91 Å². The standard InChI is InChI=1S/C22H24N4O3/c1-15(19-14-24-26(16(19)2)21-6-4-5-13-23-21)25-22(28)12-11-20(27)17-7-9-18(29-3)10-8-17/h4-10,13-15H,11-12H2,1-3H3,(H,25,28)/t15-/m1/s1. The molecule has 0 saturated heterocycles. The summed E-state index contributed by atoms with van der Waals surface area (Å²) in [7, 11) is 1.57. The lowest BCUT2D eigenvalue weighted by atomic mass is 10.1. The van der Waals surface area contributed by atoms with Crippen molar-refractivity contribution in [2.75, 3.05) is 7.11 Å². The summed E-state index contributed by atoms with van der Waals surface area (Å²) in [6.45, 7) is 3.84. The van der Waals surface area contributed by atoms with Crippen LogP contribution in [-0.4, -0.2) is 33.6 Å². The molecule has 7 nitrogen and oxygen atoms in total. The molecule has 0 unspecified atom stereocenters. The van der Waals surface area contributed by atoms with Gasteiger partial charge in [0, 0.05) is 35.9 Å². The second kappa shape index (κ2) is 9.14. The summed E-state index contributed by atoms with van der Waals surface area (Å²) in [5.74, 6) is 1.16. The van der Waals surface area contributed by atoms with Crippen LogP contribution in [0.3, 0.4) is 0 Å². The van der Waals surface area contributed by atoms with Gasteiger partial charge in [-0.05, 0) is 50.2 Å². The van der Waals surface area contributed by atoms with Crippen LogP contribution in [0.25, 0.3) is 5.82 Å². The Labute approximate surface area is 169 Å². The number of Topliss-reactive ketones (excluding diaryl/α,β-unsaturated/α-hetero) is 1. The third-order valence-corrected chi connectivity index (χ3v) is 4.75. The first-order valence-corrected chi connectivity index (χ1v) is 9.42. The van der Waals surface area contributed by atoms with E-state index >= 15 is 0 Å². The molecule has 1 atom stereocenters. The Morgan fingerprint density at radius 3 is 2.55 bits per heavy atom. The monoisotopic (exact) mass is 392 g/mol. The van der Waals surface area contributed by atoms with Gasteiger partial charge in [0.25, 0.3) is 0 Å². The fraction of sp³-hybridized carbons (Fsp3) is 0.273. The molecule has 0 aliphatic carbocycles. The lowest BCUT2D eigenvalue weighted by Gasteiger charge is -2.14. The largest absolute Gasteiger partial charge is 0.497 e. The van der Waals surface area contributed by atoms with Crippen molar-refractivity contribution in [2.45, 2.75) is 32.7 Å². The van der Waals surface area contributed by atoms with Crippen LogP contribution < -0.4 is 10.1 Å². The maximum absolute atomic E-state index is 12.3. The molecule has 1 N–H and O–H groups in total. The number of amides is 1. The number of hydrogen-bond acceptors (Lipinski definition) is 5. The van der Waals surface area contributed by atoms with E-state index < -0.39 is 0 Å². The van der Waals surface area contributed by atoms with Crippen molar-refractivity contribution >= 4 is 11.7 Å². The van der Waals surface area contributed by atoms with Gasteiger partial charge in [-0.3, -0.25) is 9.59 Å². The van der Waals surface area contributed by atoms with Crippen LogP contribution in [-0.2, 0) is 4.79 Å². The molecule has 2 aromatic heterocycles. The average molecular weight is 392 g/mol. The van der Waals surface area contributed by atoms with Crippen LogP contribution in [0.2, 0.25) is 0 Å². The van der Waals surface area contributed by atoms with Gasteiger partial charge >= 0.3 is 0 Å². The minimum Gasteiger partial charge on any atom is -0.497 e. The molecule has 0 spiro atoms. The Hall–Kier alpha value is -3.48. The van der Waals surface area contributed by atoms with Crippen LogP contribution >= 0.6 is 0 Å².